The van der Waals surface area contributed by atoms with Crippen LogP contribution in [0.2, 0.25) is 0 Å². The lowest BCUT2D eigenvalue weighted by Gasteiger charge is -2.27. The van der Waals surface area contributed by atoms with Crippen LogP contribution in [0.15, 0.2) is 36.9 Å². The monoisotopic (exact) mass is 255 g/mol. The maximum Gasteiger partial charge on any atom is 0.152 e. The summed E-state index contributed by atoms with van der Waals surface area (Å²) in [7, 11) is 0. The Kier molecular flexibility index (Phi) is 3.37. The van der Waals surface area contributed by atoms with E-state index in [1.807, 2.05) is 12.3 Å². The van der Waals surface area contributed by atoms with E-state index in [-0.39, 0.29) is 0 Å². The van der Waals surface area contributed by atoms with Crippen LogP contribution in [-0.4, -0.2) is 21.5 Å². The summed E-state index contributed by atoms with van der Waals surface area (Å²) in [5.41, 5.74) is 7.85. The summed E-state index contributed by atoms with van der Waals surface area (Å²) >= 11 is 0. The molecule has 0 saturated carbocycles. The van der Waals surface area contributed by atoms with Gasteiger partial charge >= 0.3 is 0 Å². The Hall–Kier alpha value is -2.01. The number of hydrogen-bond donors (Lipinski definition) is 1. The molecule has 1 aliphatic heterocycles. The number of aromatic nitrogens is 3. The van der Waals surface area contributed by atoms with Crippen molar-refractivity contribution in [2.45, 2.75) is 25.4 Å². The maximum absolute atomic E-state index is 5.76. The van der Waals surface area contributed by atoms with Gasteiger partial charge in [0.05, 0.1) is 11.7 Å². The third-order valence-corrected chi connectivity index (χ3v) is 3.54. The third kappa shape index (κ3) is 2.29. The summed E-state index contributed by atoms with van der Waals surface area (Å²) in [5.74, 6) is 0.913. The second-order valence-corrected chi connectivity index (χ2v) is 4.67. The minimum absolute atomic E-state index is 0.329. The van der Waals surface area contributed by atoms with Crippen LogP contribution < -0.4 is 10.6 Å². The SMILES string of the molecule is NCc1nccnc1N1CCCC1c1cccnc1. The van der Waals surface area contributed by atoms with E-state index in [4.69, 9.17) is 5.73 Å². The van der Waals surface area contributed by atoms with E-state index in [0.29, 0.717) is 12.6 Å². The molecule has 2 aromatic heterocycles. The Balaban J connectivity index is 1.95. The second-order valence-electron chi connectivity index (χ2n) is 4.67. The fourth-order valence-corrected chi connectivity index (χ4v) is 2.68. The first-order valence-corrected chi connectivity index (χ1v) is 6.56. The lowest BCUT2D eigenvalue weighted by Crippen LogP contribution is -2.26. The fourth-order valence-electron chi connectivity index (χ4n) is 2.68. The number of hydrogen-bond acceptors (Lipinski definition) is 5. The van der Waals surface area contributed by atoms with E-state index >= 15 is 0 Å². The van der Waals surface area contributed by atoms with E-state index in [1.165, 1.54) is 5.56 Å². The van der Waals surface area contributed by atoms with Crippen LogP contribution in [0.4, 0.5) is 5.82 Å². The third-order valence-electron chi connectivity index (χ3n) is 3.54. The summed E-state index contributed by atoms with van der Waals surface area (Å²) in [6.07, 6.45) is 9.43. The summed E-state index contributed by atoms with van der Waals surface area (Å²) in [6.45, 7) is 1.41. The predicted octanol–water partition coefficient (Wildman–Crippen LogP) is 1.67. The quantitative estimate of drug-likeness (QED) is 0.903. The Morgan fingerprint density at radius 2 is 2.16 bits per heavy atom. The molecular formula is C14H17N5. The molecule has 19 heavy (non-hydrogen) atoms. The van der Waals surface area contributed by atoms with Gasteiger partial charge in [0, 0.05) is 37.9 Å². The summed E-state index contributed by atoms with van der Waals surface area (Å²) < 4.78 is 0. The molecule has 1 saturated heterocycles. The van der Waals surface area contributed by atoms with Gasteiger partial charge in [-0.2, -0.15) is 0 Å². The number of nitrogens with zero attached hydrogens (tertiary/aromatic N) is 4. The smallest absolute Gasteiger partial charge is 0.152 e. The van der Waals surface area contributed by atoms with E-state index in [9.17, 15) is 0 Å². The number of nitrogens with two attached hydrogens (primary N) is 1. The van der Waals surface area contributed by atoms with Crippen molar-refractivity contribution in [1.82, 2.24) is 15.0 Å². The topological polar surface area (TPSA) is 67.9 Å². The Morgan fingerprint density at radius 3 is 2.95 bits per heavy atom. The number of rotatable bonds is 3. The van der Waals surface area contributed by atoms with E-state index in [1.54, 1.807) is 18.6 Å². The normalized spacial score (nSPS) is 18.8. The molecule has 0 spiro atoms. The van der Waals surface area contributed by atoms with Crippen molar-refractivity contribution in [3.8, 4) is 0 Å². The van der Waals surface area contributed by atoms with Crippen LogP contribution in [-0.2, 0) is 6.54 Å². The van der Waals surface area contributed by atoms with Crippen molar-refractivity contribution < 1.29 is 0 Å². The highest BCUT2D eigenvalue weighted by Gasteiger charge is 2.28. The molecule has 2 aromatic rings. The van der Waals surface area contributed by atoms with Gasteiger partial charge in [-0.25, -0.2) is 4.98 Å². The van der Waals surface area contributed by atoms with Crippen molar-refractivity contribution in [2.24, 2.45) is 5.73 Å². The summed E-state index contributed by atoms with van der Waals surface area (Å²) in [5, 5.41) is 0. The van der Waals surface area contributed by atoms with Crippen LogP contribution >= 0.6 is 0 Å². The first kappa shape index (κ1) is 12.0. The second kappa shape index (κ2) is 5.32. The fraction of sp³-hybridized carbons (Fsp3) is 0.357. The van der Waals surface area contributed by atoms with Gasteiger partial charge in [0.15, 0.2) is 5.82 Å². The predicted molar refractivity (Wildman–Crippen MR) is 73.5 cm³/mol. The molecule has 1 unspecified atom stereocenters. The van der Waals surface area contributed by atoms with E-state index < -0.39 is 0 Å². The zero-order valence-corrected chi connectivity index (χ0v) is 10.7. The largest absolute Gasteiger partial charge is 0.348 e. The van der Waals surface area contributed by atoms with Gasteiger partial charge in [-0.05, 0) is 24.5 Å². The maximum atomic E-state index is 5.76. The lowest BCUT2D eigenvalue weighted by molar-refractivity contribution is 0.700. The molecule has 0 radical (unpaired) electrons. The molecule has 3 heterocycles. The first-order chi connectivity index (χ1) is 9.40. The molecule has 1 aliphatic rings. The minimum atomic E-state index is 0.329. The summed E-state index contributed by atoms with van der Waals surface area (Å²) in [6, 6.07) is 4.43. The standard InChI is InChI=1S/C14H17N5/c15-9-12-14(18-7-6-17-12)19-8-2-4-13(19)11-3-1-5-16-10-11/h1,3,5-7,10,13H,2,4,8-9,15H2. The zero-order chi connectivity index (χ0) is 13.1. The molecule has 1 atom stereocenters. The molecule has 5 heteroatoms. The molecule has 0 bridgehead atoms. The molecule has 0 aromatic carbocycles. The van der Waals surface area contributed by atoms with Gasteiger partial charge in [0.25, 0.3) is 0 Å². The van der Waals surface area contributed by atoms with Crippen molar-refractivity contribution in [1.29, 1.82) is 0 Å². The van der Waals surface area contributed by atoms with Gasteiger partial charge in [-0.1, -0.05) is 6.07 Å². The van der Waals surface area contributed by atoms with E-state index in [0.717, 1.165) is 30.9 Å². The van der Waals surface area contributed by atoms with Crippen molar-refractivity contribution in [3.63, 3.8) is 0 Å². The molecule has 98 valence electrons. The molecule has 3 rings (SSSR count). The van der Waals surface area contributed by atoms with Gasteiger partial charge in [-0.3, -0.25) is 9.97 Å². The van der Waals surface area contributed by atoms with E-state index in [2.05, 4.69) is 25.9 Å². The van der Waals surface area contributed by atoms with Gasteiger partial charge in [0.2, 0.25) is 0 Å². The Bertz CT molecular complexity index is 543. The molecular weight excluding hydrogens is 238 g/mol. The summed E-state index contributed by atoms with van der Waals surface area (Å²) in [4.78, 5) is 15.3. The molecule has 0 aliphatic carbocycles. The van der Waals surface area contributed by atoms with Gasteiger partial charge in [-0.15, -0.1) is 0 Å². The Morgan fingerprint density at radius 1 is 1.26 bits per heavy atom. The van der Waals surface area contributed by atoms with Crippen LogP contribution in [0.25, 0.3) is 0 Å². The van der Waals surface area contributed by atoms with Crippen molar-refractivity contribution >= 4 is 5.82 Å². The van der Waals surface area contributed by atoms with Crippen LogP contribution in [0.1, 0.15) is 30.1 Å². The minimum Gasteiger partial charge on any atom is -0.348 e. The number of anilines is 1. The zero-order valence-electron chi connectivity index (χ0n) is 10.7. The molecule has 0 amide bonds. The van der Waals surface area contributed by atoms with Crippen LogP contribution in [0.5, 0.6) is 0 Å². The average molecular weight is 255 g/mol. The van der Waals surface area contributed by atoms with Crippen LogP contribution in [0, 0.1) is 0 Å². The van der Waals surface area contributed by atoms with Crippen molar-refractivity contribution in [2.75, 3.05) is 11.4 Å². The molecule has 2 N–H and O–H groups in total. The van der Waals surface area contributed by atoms with Crippen LogP contribution in [0.3, 0.4) is 0 Å². The molecule has 1 fully saturated rings. The lowest BCUT2D eigenvalue weighted by atomic mass is 10.1. The highest BCUT2D eigenvalue weighted by molar-refractivity contribution is 5.47. The average Bonchev–Trinajstić information content (AvgIpc) is 2.97. The van der Waals surface area contributed by atoms with Gasteiger partial charge < -0.3 is 10.6 Å². The van der Waals surface area contributed by atoms with Crippen molar-refractivity contribution in [3.05, 3.63) is 48.2 Å². The van der Waals surface area contributed by atoms with Gasteiger partial charge in [0.1, 0.15) is 0 Å². The first-order valence-electron chi connectivity index (χ1n) is 6.56. The Labute approximate surface area is 112 Å². The highest BCUT2D eigenvalue weighted by atomic mass is 15.2. The molecule has 5 nitrogen and oxygen atoms in total. The highest BCUT2D eigenvalue weighted by Crippen LogP contribution is 2.35. The number of pyridine rings is 1.